The van der Waals surface area contributed by atoms with E-state index < -0.39 is 52.4 Å². The molecule has 0 saturated heterocycles. The van der Waals surface area contributed by atoms with E-state index in [1.807, 2.05) is 0 Å². The largest absolute Gasteiger partial charge is 0.464 e. The molecule has 0 atom stereocenters. The fourth-order valence-corrected chi connectivity index (χ4v) is 3.42. The monoisotopic (exact) mass is 516 g/mol. The zero-order valence-electron chi connectivity index (χ0n) is 18.3. The van der Waals surface area contributed by atoms with Gasteiger partial charge in [-0.1, -0.05) is 36.9 Å². The summed E-state index contributed by atoms with van der Waals surface area (Å²) < 4.78 is 127. The first kappa shape index (κ1) is 26.9. The summed E-state index contributed by atoms with van der Waals surface area (Å²) in [4.78, 5) is 0. The first-order valence-corrected chi connectivity index (χ1v) is 10.3. The van der Waals surface area contributed by atoms with Crippen LogP contribution in [-0.4, -0.2) is 6.61 Å². The minimum absolute atomic E-state index is 0.0369. The topological polar surface area (TPSA) is 9.23 Å². The predicted molar refractivity (Wildman–Crippen MR) is 116 cm³/mol. The average Bonchev–Trinajstić information content (AvgIpc) is 2.79. The van der Waals surface area contributed by atoms with Crippen LogP contribution < -0.4 is 0 Å². The van der Waals surface area contributed by atoms with E-state index in [-0.39, 0.29) is 36.1 Å². The normalized spacial score (nSPS) is 12.4. The van der Waals surface area contributed by atoms with E-state index in [1.54, 1.807) is 0 Å². The van der Waals surface area contributed by atoms with Crippen LogP contribution in [-0.2, 0) is 23.8 Å². The summed E-state index contributed by atoms with van der Waals surface area (Å²) in [6.45, 7) is 3.01. The highest BCUT2D eigenvalue weighted by Gasteiger charge is 2.38. The minimum atomic E-state index is -5.25. The standard InChI is InChI=1S/C26H17F9O/c1-2-9-36-25(32)24(31)16-7-6-15(19(27)11-16)5-3-14-4-8-18(20(28)10-14)17-12-21(29)23(22(30)13-17)26(33,34)35/h2,4,6-8,10-13H,1,3,5,9H2/b25-24-. The van der Waals surface area contributed by atoms with Crippen molar-refractivity contribution in [3.8, 4) is 11.1 Å². The average molecular weight is 516 g/mol. The molecule has 0 amide bonds. The van der Waals surface area contributed by atoms with Gasteiger partial charge in [0.25, 0.3) is 0 Å². The van der Waals surface area contributed by atoms with Gasteiger partial charge >= 0.3 is 12.2 Å². The van der Waals surface area contributed by atoms with Crippen LogP contribution in [0.2, 0.25) is 0 Å². The summed E-state index contributed by atoms with van der Waals surface area (Å²) in [7, 11) is 0. The van der Waals surface area contributed by atoms with Crippen molar-refractivity contribution in [1.29, 1.82) is 0 Å². The Kier molecular flexibility index (Phi) is 8.17. The number of benzene rings is 3. The van der Waals surface area contributed by atoms with E-state index in [0.717, 1.165) is 24.3 Å². The van der Waals surface area contributed by atoms with Crippen molar-refractivity contribution in [3.63, 3.8) is 0 Å². The van der Waals surface area contributed by atoms with Gasteiger partial charge in [-0.3, -0.25) is 0 Å². The van der Waals surface area contributed by atoms with Crippen LogP contribution in [0, 0.1) is 23.3 Å². The minimum Gasteiger partial charge on any atom is -0.464 e. The quantitative estimate of drug-likeness (QED) is 0.166. The second-order valence-electron chi connectivity index (χ2n) is 7.62. The molecule has 0 aliphatic carbocycles. The van der Waals surface area contributed by atoms with Gasteiger partial charge < -0.3 is 4.74 Å². The number of halogens is 9. The third-order valence-electron chi connectivity index (χ3n) is 5.16. The van der Waals surface area contributed by atoms with Crippen molar-refractivity contribution in [2.75, 3.05) is 6.61 Å². The number of hydrogen-bond donors (Lipinski definition) is 0. The molecule has 0 N–H and O–H groups in total. The van der Waals surface area contributed by atoms with Crippen molar-refractivity contribution in [2.24, 2.45) is 0 Å². The molecule has 0 aliphatic heterocycles. The van der Waals surface area contributed by atoms with Gasteiger partial charge in [-0.2, -0.15) is 22.0 Å². The van der Waals surface area contributed by atoms with Crippen LogP contribution in [0.15, 0.2) is 67.2 Å². The lowest BCUT2D eigenvalue weighted by Gasteiger charge is -2.12. The van der Waals surface area contributed by atoms with Crippen molar-refractivity contribution in [1.82, 2.24) is 0 Å². The van der Waals surface area contributed by atoms with Gasteiger partial charge in [0.05, 0.1) is 0 Å². The Morgan fingerprint density at radius 3 is 2.03 bits per heavy atom. The van der Waals surface area contributed by atoms with Crippen molar-refractivity contribution < 1.29 is 44.3 Å². The van der Waals surface area contributed by atoms with E-state index >= 15 is 0 Å². The van der Waals surface area contributed by atoms with E-state index in [9.17, 15) is 39.5 Å². The lowest BCUT2D eigenvalue weighted by atomic mass is 9.98. The third-order valence-corrected chi connectivity index (χ3v) is 5.16. The van der Waals surface area contributed by atoms with Crippen molar-refractivity contribution in [2.45, 2.75) is 19.0 Å². The molecular weight excluding hydrogens is 499 g/mol. The smallest absolute Gasteiger partial charge is 0.422 e. The van der Waals surface area contributed by atoms with Gasteiger partial charge in [-0.05, 0) is 53.8 Å². The van der Waals surface area contributed by atoms with E-state index in [1.165, 1.54) is 18.2 Å². The molecular formula is C26H17F9O. The maximum Gasteiger partial charge on any atom is 0.422 e. The molecule has 36 heavy (non-hydrogen) atoms. The molecule has 1 nitrogen and oxygen atoms in total. The molecule has 0 spiro atoms. The summed E-state index contributed by atoms with van der Waals surface area (Å²) in [6.07, 6.45) is -3.92. The molecule has 0 aliphatic rings. The molecule has 3 aromatic rings. The lowest BCUT2D eigenvalue weighted by Crippen LogP contribution is -2.11. The predicted octanol–water partition coefficient (Wildman–Crippen LogP) is 8.48. The van der Waals surface area contributed by atoms with Crippen LogP contribution >= 0.6 is 0 Å². The van der Waals surface area contributed by atoms with Crippen LogP contribution in [0.25, 0.3) is 17.0 Å². The molecule has 0 radical (unpaired) electrons. The molecule has 0 fully saturated rings. The SMILES string of the molecule is C=CCO/C(F)=C(\F)c1ccc(CCc2ccc(-c3cc(F)c(C(F)(F)F)c(F)c3)c(F)c2)c(F)c1. The lowest BCUT2D eigenvalue weighted by molar-refractivity contribution is -0.142. The van der Waals surface area contributed by atoms with E-state index in [4.69, 9.17) is 0 Å². The fraction of sp³-hybridized carbons (Fsp3) is 0.154. The molecule has 3 aromatic carbocycles. The number of alkyl halides is 3. The zero-order valence-corrected chi connectivity index (χ0v) is 18.3. The highest BCUT2D eigenvalue weighted by Crippen LogP contribution is 2.36. The second-order valence-corrected chi connectivity index (χ2v) is 7.62. The van der Waals surface area contributed by atoms with Crippen LogP contribution in [0.3, 0.4) is 0 Å². The Balaban J connectivity index is 1.76. The van der Waals surface area contributed by atoms with Gasteiger partial charge in [0.1, 0.15) is 35.4 Å². The molecule has 0 bridgehead atoms. The molecule has 3 rings (SSSR count). The Morgan fingerprint density at radius 2 is 1.47 bits per heavy atom. The third kappa shape index (κ3) is 6.10. The summed E-state index contributed by atoms with van der Waals surface area (Å²) >= 11 is 0. The highest BCUT2D eigenvalue weighted by atomic mass is 19.4. The molecule has 0 heterocycles. The number of ether oxygens (including phenoxy) is 1. The van der Waals surface area contributed by atoms with Crippen molar-refractivity contribution in [3.05, 3.63) is 113 Å². The summed E-state index contributed by atoms with van der Waals surface area (Å²) in [5.74, 6) is -6.94. The van der Waals surface area contributed by atoms with E-state index in [2.05, 4.69) is 11.3 Å². The highest BCUT2D eigenvalue weighted by molar-refractivity contribution is 5.65. The Morgan fingerprint density at radius 1 is 0.806 bits per heavy atom. The van der Waals surface area contributed by atoms with Gasteiger partial charge in [-0.25, -0.2) is 17.6 Å². The van der Waals surface area contributed by atoms with Gasteiger partial charge in [0.15, 0.2) is 0 Å². The maximum absolute atomic E-state index is 14.6. The molecule has 0 aromatic heterocycles. The number of rotatable bonds is 8. The van der Waals surface area contributed by atoms with Gasteiger partial charge in [0, 0.05) is 11.1 Å². The van der Waals surface area contributed by atoms with E-state index in [0.29, 0.717) is 17.7 Å². The Hall–Kier alpha value is -3.69. The summed E-state index contributed by atoms with van der Waals surface area (Å²) in [5.41, 5.74) is -2.74. The molecule has 190 valence electrons. The zero-order chi connectivity index (χ0) is 26.6. The fourth-order valence-electron chi connectivity index (χ4n) is 3.42. The van der Waals surface area contributed by atoms with Crippen LogP contribution in [0.5, 0.6) is 0 Å². The summed E-state index contributed by atoms with van der Waals surface area (Å²) in [6, 6.07) is 5.91. The van der Waals surface area contributed by atoms with Crippen LogP contribution in [0.4, 0.5) is 39.5 Å². The van der Waals surface area contributed by atoms with Crippen LogP contribution in [0.1, 0.15) is 22.3 Å². The maximum atomic E-state index is 14.6. The van der Waals surface area contributed by atoms with Gasteiger partial charge in [-0.15, -0.1) is 0 Å². The van der Waals surface area contributed by atoms with Gasteiger partial charge in [0.2, 0.25) is 5.83 Å². The Bertz CT molecular complexity index is 1290. The number of hydrogen-bond acceptors (Lipinski definition) is 1. The Labute approximate surface area is 200 Å². The first-order valence-electron chi connectivity index (χ1n) is 10.3. The van der Waals surface area contributed by atoms with Crippen molar-refractivity contribution >= 4 is 5.83 Å². The first-order chi connectivity index (χ1) is 16.9. The molecule has 10 heteroatoms. The second kappa shape index (κ2) is 10.9. The molecule has 0 unspecified atom stereocenters. The summed E-state index contributed by atoms with van der Waals surface area (Å²) in [5, 5.41) is 0. The number of aryl methyl sites for hydroxylation is 2. The molecule has 0 saturated carbocycles.